The van der Waals surface area contributed by atoms with Gasteiger partial charge in [-0.15, -0.1) is 0 Å². The maximum Gasteiger partial charge on any atom is 0.246 e. The van der Waals surface area contributed by atoms with Crippen molar-refractivity contribution in [1.82, 2.24) is 4.90 Å². The van der Waals surface area contributed by atoms with Gasteiger partial charge in [0, 0.05) is 13.1 Å². The summed E-state index contributed by atoms with van der Waals surface area (Å²) in [5.41, 5.74) is 0.461. The first-order valence-electron chi connectivity index (χ1n) is 7.27. The molecule has 0 unspecified atom stereocenters. The van der Waals surface area contributed by atoms with Crippen LogP contribution in [-0.4, -0.2) is 51.7 Å². The van der Waals surface area contributed by atoms with Gasteiger partial charge in [-0.3, -0.25) is 9.10 Å². The van der Waals surface area contributed by atoms with Gasteiger partial charge in [0.1, 0.15) is 11.8 Å². The van der Waals surface area contributed by atoms with E-state index in [4.69, 9.17) is 4.74 Å². The first-order chi connectivity index (χ1) is 10.3. The van der Waals surface area contributed by atoms with Crippen molar-refractivity contribution in [2.24, 2.45) is 0 Å². The molecule has 1 saturated heterocycles. The SMILES string of the molecule is COc1ccc(N([C@@H](C)C(=O)N2CCCC2)S(C)(=O)=O)cc1. The van der Waals surface area contributed by atoms with E-state index < -0.39 is 16.1 Å². The Labute approximate surface area is 131 Å². The van der Waals surface area contributed by atoms with Crippen molar-refractivity contribution in [3.63, 3.8) is 0 Å². The van der Waals surface area contributed by atoms with Gasteiger partial charge in [0.05, 0.1) is 19.1 Å². The highest BCUT2D eigenvalue weighted by molar-refractivity contribution is 7.92. The van der Waals surface area contributed by atoms with Crippen molar-refractivity contribution in [2.45, 2.75) is 25.8 Å². The van der Waals surface area contributed by atoms with Crippen LogP contribution in [0.15, 0.2) is 24.3 Å². The number of ether oxygens (including phenoxy) is 1. The van der Waals surface area contributed by atoms with E-state index in [1.54, 1.807) is 43.2 Å². The third-order valence-corrected chi connectivity index (χ3v) is 5.05. The Hall–Kier alpha value is -1.76. The minimum atomic E-state index is -3.57. The molecule has 7 heteroatoms. The number of hydrogen-bond donors (Lipinski definition) is 0. The van der Waals surface area contributed by atoms with Gasteiger partial charge >= 0.3 is 0 Å². The third kappa shape index (κ3) is 3.52. The minimum absolute atomic E-state index is 0.154. The number of carbonyl (C=O) groups is 1. The number of anilines is 1. The summed E-state index contributed by atoms with van der Waals surface area (Å²) in [6.07, 6.45) is 3.06. The monoisotopic (exact) mass is 326 g/mol. The van der Waals surface area contributed by atoms with E-state index in [0.29, 0.717) is 24.5 Å². The van der Waals surface area contributed by atoms with Gasteiger partial charge in [-0.25, -0.2) is 8.42 Å². The summed E-state index contributed by atoms with van der Waals surface area (Å²) >= 11 is 0. The molecule has 122 valence electrons. The summed E-state index contributed by atoms with van der Waals surface area (Å²) < 4.78 is 30.6. The summed E-state index contributed by atoms with van der Waals surface area (Å²) in [5.74, 6) is 0.481. The zero-order chi connectivity index (χ0) is 16.3. The van der Waals surface area contributed by atoms with Crippen molar-refractivity contribution in [1.29, 1.82) is 0 Å². The number of carbonyl (C=O) groups excluding carboxylic acids is 1. The lowest BCUT2D eigenvalue weighted by Gasteiger charge is -2.31. The Morgan fingerprint density at radius 3 is 2.23 bits per heavy atom. The maximum atomic E-state index is 12.5. The maximum absolute atomic E-state index is 12.5. The molecule has 0 aromatic heterocycles. The summed E-state index contributed by atoms with van der Waals surface area (Å²) in [4.78, 5) is 14.3. The molecule has 1 atom stereocenters. The normalized spacial score (nSPS) is 16.4. The van der Waals surface area contributed by atoms with Crippen LogP contribution in [0.25, 0.3) is 0 Å². The zero-order valence-electron chi connectivity index (χ0n) is 13.2. The molecule has 1 aliphatic rings. The molecule has 2 rings (SSSR count). The zero-order valence-corrected chi connectivity index (χ0v) is 14.0. The molecule has 6 nitrogen and oxygen atoms in total. The van der Waals surface area contributed by atoms with Gasteiger partial charge in [0.25, 0.3) is 0 Å². The number of hydrogen-bond acceptors (Lipinski definition) is 4. The molecule has 1 amide bonds. The summed E-state index contributed by atoms with van der Waals surface area (Å²) in [6, 6.07) is 5.89. The molecule has 0 bridgehead atoms. The first kappa shape index (κ1) is 16.6. The number of amides is 1. The molecular formula is C15H22N2O4S. The predicted octanol–water partition coefficient (Wildman–Crippen LogP) is 1.47. The Balaban J connectivity index is 2.30. The molecule has 0 saturated carbocycles. The van der Waals surface area contributed by atoms with Gasteiger partial charge in [-0.2, -0.15) is 0 Å². The molecule has 1 heterocycles. The highest BCUT2D eigenvalue weighted by Crippen LogP contribution is 2.25. The van der Waals surface area contributed by atoms with Crippen molar-refractivity contribution in [3.05, 3.63) is 24.3 Å². The molecular weight excluding hydrogens is 304 g/mol. The quantitative estimate of drug-likeness (QED) is 0.822. The average Bonchev–Trinajstić information content (AvgIpc) is 3.00. The van der Waals surface area contributed by atoms with Crippen LogP contribution >= 0.6 is 0 Å². The minimum Gasteiger partial charge on any atom is -0.497 e. The summed E-state index contributed by atoms with van der Waals surface area (Å²) in [6.45, 7) is 3.03. The largest absolute Gasteiger partial charge is 0.497 e. The van der Waals surface area contributed by atoms with Crippen LogP contribution in [0.3, 0.4) is 0 Å². The smallest absolute Gasteiger partial charge is 0.246 e. The molecule has 22 heavy (non-hydrogen) atoms. The van der Waals surface area contributed by atoms with E-state index in [9.17, 15) is 13.2 Å². The number of benzene rings is 1. The highest BCUT2D eigenvalue weighted by atomic mass is 32.2. The highest BCUT2D eigenvalue weighted by Gasteiger charge is 2.32. The second-order valence-electron chi connectivity index (χ2n) is 5.47. The molecule has 0 N–H and O–H groups in total. The first-order valence-corrected chi connectivity index (χ1v) is 9.11. The molecule has 1 fully saturated rings. The van der Waals surface area contributed by atoms with Crippen LogP contribution < -0.4 is 9.04 Å². The third-order valence-electron chi connectivity index (χ3n) is 3.81. The Kier molecular flexibility index (Phi) is 4.95. The molecule has 0 spiro atoms. The number of nitrogens with zero attached hydrogens (tertiary/aromatic N) is 2. The van der Waals surface area contributed by atoms with E-state index in [1.807, 2.05) is 0 Å². The van der Waals surface area contributed by atoms with Gasteiger partial charge in [-0.05, 0) is 44.0 Å². The Morgan fingerprint density at radius 1 is 1.23 bits per heavy atom. The van der Waals surface area contributed by atoms with E-state index in [-0.39, 0.29) is 5.91 Å². The van der Waals surface area contributed by atoms with Gasteiger partial charge in [-0.1, -0.05) is 0 Å². The molecule has 0 aliphatic carbocycles. The number of sulfonamides is 1. The van der Waals surface area contributed by atoms with E-state index >= 15 is 0 Å². The van der Waals surface area contributed by atoms with E-state index in [0.717, 1.165) is 19.1 Å². The van der Waals surface area contributed by atoms with Crippen LogP contribution in [0.2, 0.25) is 0 Å². The van der Waals surface area contributed by atoms with Crippen LogP contribution in [0, 0.1) is 0 Å². The lowest BCUT2D eigenvalue weighted by Crippen LogP contribution is -2.48. The van der Waals surface area contributed by atoms with Crippen LogP contribution in [0.5, 0.6) is 5.75 Å². The van der Waals surface area contributed by atoms with Gasteiger partial charge < -0.3 is 9.64 Å². The Bertz CT molecular complexity index is 621. The molecule has 0 radical (unpaired) electrons. The Morgan fingerprint density at radius 2 is 1.77 bits per heavy atom. The summed E-state index contributed by atoms with van der Waals surface area (Å²) in [7, 11) is -2.02. The van der Waals surface area contributed by atoms with Crippen molar-refractivity contribution >= 4 is 21.6 Å². The fourth-order valence-electron chi connectivity index (χ4n) is 2.73. The van der Waals surface area contributed by atoms with Crippen LogP contribution in [0.1, 0.15) is 19.8 Å². The van der Waals surface area contributed by atoms with Gasteiger partial charge in [0.15, 0.2) is 0 Å². The van der Waals surface area contributed by atoms with Crippen molar-refractivity contribution < 1.29 is 17.9 Å². The molecule has 1 aromatic carbocycles. The standard InChI is InChI=1S/C15H22N2O4S/c1-12(15(18)16-10-4-5-11-16)17(22(3,19)20)13-6-8-14(21-2)9-7-13/h6-9,12H,4-5,10-11H2,1-3H3/t12-/m0/s1. The fraction of sp³-hybridized carbons (Fsp3) is 0.533. The van der Waals surface area contributed by atoms with Crippen LogP contribution in [-0.2, 0) is 14.8 Å². The topological polar surface area (TPSA) is 66.9 Å². The number of likely N-dealkylation sites (tertiary alicyclic amines) is 1. The second kappa shape index (κ2) is 6.56. The number of rotatable bonds is 5. The average molecular weight is 326 g/mol. The lowest BCUT2D eigenvalue weighted by molar-refractivity contribution is -0.130. The number of methoxy groups -OCH3 is 1. The lowest BCUT2D eigenvalue weighted by atomic mass is 10.2. The second-order valence-corrected chi connectivity index (χ2v) is 7.32. The summed E-state index contributed by atoms with van der Waals surface area (Å²) in [5, 5.41) is 0. The van der Waals surface area contributed by atoms with Crippen LogP contribution in [0.4, 0.5) is 5.69 Å². The predicted molar refractivity (Wildman–Crippen MR) is 85.6 cm³/mol. The van der Waals surface area contributed by atoms with Gasteiger partial charge in [0.2, 0.25) is 15.9 Å². The molecule has 1 aliphatic heterocycles. The van der Waals surface area contributed by atoms with Crippen molar-refractivity contribution in [2.75, 3.05) is 30.8 Å². The van der Waals surface area contributed by atoms with E-state index in [1.165, 1.54) is 4.31 Å². The van der Waals surface area contributed by atoms with Crippen molar-refractivity contribution in [3.8, 4) is 5.75 Å². The molecule has 1 aromatic rings. The van der Waals surface area contributed by atoms with E-state index in [2.05, 4.69) is 0 Å². The fourth-order valence-corrected chi connectivity index (χ4v) is 3.90.